The minimum absolute atomic E-state index is 0.113. The van der Waals surface area contributed by atoms with Crippen LogP contribution in [0.25, 0.3) is 0 Å². The van der Waals surface area contributed by atoms with Crippen LogP contribution in [0.4, 0.5) is 0 Å². The molecule has 0 fully saturated rings. The Morgan fingerprint density at radius 2 is 1.32 bits per heavy atom. The van der Waals surface area contributed by atoms with Gasteiger partial charge in [0.25, 0.3) is 0 Å². The van der Waals surface area contributed by atoms with Gasteiger partial charge >= 0.3 is 0 Å². The molecule has 1 aromatic carbocycles. The van der Waals surface area contributed by atoms with Crippen molar-refractivity contribution in [3.05, 3.63) is 187 Å². The minimum Gasteiger partial charge on any atom is -0.0839 e. The summed E-state index contributed by atoms with van der Waals surface area (Å²) in [6.45, 7) is 4.88. The van der Waals surface area contributed by atoms with Crippen molar-refractivity contribution in [2.24, 2.45) is 29.6 Å². The topological polar surface area (TPSA) is 0 Å². The van der Waals surface area contributed by atoms with Crippen molar-refractivity contribution in [2.75, 3.05) is 0 Å². The van der Waals surface area contributed by atoms with Crippen LogP contribution in [-0.2, 0) is 5.41 Å². The van der Waals surface area contributed by atoms with Gasteiger partial charge in [0.1, 0.15) is 0 Å². The second kappa shape index (κ2) is 12.4. The predicted molar refractivity (Wildman–Crippen MR) is 221 cm³/mol. The number of rotatable bonds is 3. The molecule has 0 nitrogen and oxygen atoms in total. The smallest absolute Gasteiger partial charge is 0.0117 e. The normalized spacial score (nSPS) is 33.2. The molecule has 0 saturated carbocycles. The lowest BCUT2D eigenvalue weighted by Crippen LogP contribution is -2.36. The largest absolute Gasteiger partial charge is 0.0839 e. The number of hydrogen-bond donors (Lipinski definition) is 0. The van der Waals surface area contributed by atoms with E-state index in [-0.39, 0.29) is 5.41 Å². The summed E-state index contributed by atoms with van der Waals surface area (Å²) in [5.41, 5.74) is 23.3. The van der Waals surface area contributed by atoms with Gasteiger partial charge in [-0.25, -0.2) is 0 Å². The van der Waals surface area contributed by atoms with E-state index in [1.165, 1.54) is 76.2 Å². The highest BCUT2D eigenvalue weighted by Gasteiger charge is 2.46. The Labute approximate surface area is 318 Å². The first-order chi connectivity index (χ1) is 26.0. The lowest BCUT2D eigenvalue weighted by Gasteiger charge is -2.48. The van der Waals surface area contributed by atoms with Crippen LogP contribution >= 0.6 is 0 Å². The summed E-state index contributed by atoms with van der Waals surface area (Å²) in [5.74, 6) is 3.55. The zero-order valence-electron chi connectivity index (χ0n) is 31.8. The van der Waals surface area contributed by atoms with E-state index >= 15 is 0 Å². The minimum atomic E-state index is 0.113. The van der Waals surface area contributed by atoms with Gasteiger partial charge < -0.3 is 0 Å². The average molecular weight is 691 g/mol. The number of allylic oxidation sites excluding steroid dienone is 26. The van der Waals surface area contributed by atoms with Gasteiger partial charge in [0.2, 0.25) is 0 Å². The van der Waals surface area contributed by atoms with Crippen molar-refractivity contribution in [3.8, 4) is 0 Å². The molecular weight excluding hydrogens is 637 g/mol. The van der Waals surface area contributed by atoms with Crippen LogP contribution in [0.5, 0.6) is 0 Å². The molecule has 10 aliphatic rings. The maximum absolute atomic E-state index is 2.78. The lowest BCUT2D eigenvalue weighted by atomic mass is 9.56. The molecule has 53 heavy (non-hydrogen) atoms. The van der Waals surface area contributed by atoms with Crippen molar-refractivity contribution in [1.82, 2.24) is 0 Å². The average Bonchev–Trinajstić information content (AvgIpc) is 3.45. The fourth-order valence-electron chi connectivity index (χ4n) is 13.0. The monoisotopic (exact) mass is 690 g/mol. The zero-order chi connectivity index (χ0) is 35.3. The first-order valence-electron chi connectivity index (χ1n) is 21.2. The Morgan fingerprint density at radius 1 is 0.566 bits per heavy atom. The van der Waals surface area contributed by atoms with Crippen molar-refractivity contribution in [3.63, 3.8) is 0 Å². The maximum atomic E-state index is 2.78. The molecule has 11 rings (SSSR count). The molecule has 0 saturated heterocycles. The van der Waals surface area contributed by atoms with Crippen LogP contribution in [0.2, 0.25) is 0 Å². The van der Waals surface area contributed by atoms with Gasteiger partial charge in [0.15, 0.2) is 0 Å². The van der Waals surface area contributed by atoms with Crippen molar-refractivity contribution < 1.29 is 0 Å². The zero-order valence-corrected chi connectivity index (χ0v) is 31.8. The summed E-state index contributed by atoms with van der Waals surface area (Å²) in [5, 5.41) is 0. The van der Waals surface area contributed by atoms with E-state index in [2.05, 4.69) is 123 Å². The molecule has 0 amide bonds. The first kappa shape index (κ1) is 32.3. The fourth-order valence-corrected chi connectivity index (χ4v) is 13.0. The summed E-state index contributed by atoms with van der Waals surface area (Å²) in [7, 11) is 0. The van der Waals surface area contributed by atoms with E-state index in [9.17, 15) is 0 Å². The standard InChI is InChI=1S/C53H54/c1-53(2)51-24-10-9-21-44(51)50-30-36(26-28-52(50)53)35-25-27-43-45(29-35)47(40-23-12-16-34-14-4-6-18-38(34)40)32-48-42-20-8-7-19-41(42)46(31-49(43)48)39-22-11-15-33-13-3-5-17-37(33)39/h5-12,15-18,20-21,24,26,28-29,39-41,46-47,50H,3-4,13-14,19,22-23,25,27,30-32H2,1-2H3. The summed E-state index contributed by atoms with van der Waals surface area (Å²) in [4.78, 5) is 0. The van der Waals surface area contributed by atoms with Crippen molar-refractivity contribution in [1.29, 1.82) is 0 Å². The van der Waals surface area contributed by atoms with Crippen LogP contribution in [0.15, 0.2) is 176 Å². The van der Waals surface area contributed by atoms with Gasteiger partial charge in [-0.2, -0.15) is 0 Å². The first-order valence-corrected chi connectivity index (χ1v) is 21.2. The molecule has 0 radical (unpaired) electrons. The van der Waals surface area contributed by atoms with Crippen LogP contribution < -0.4 is 0 Å². The number of hydrogen-bond acceptors (Lipinski definition) is 0. The summed E-state index contributed by atoms with van der Waals surface area (Å²) in [6, 6.07) is 9.30. The van der Waals surface area contributed by atoms with Crippen molar-refractivity contribution in [2.45, 2.75) is 102 Å². The van der Waals surface area contributed by atoms with Crippen LogP contribution in [0, 0.1) is 29.6 Å². The molecule has 0 heteroatoms. The highest BCUT2D eigenvalue weighted by molar-refractivity contribution is 5.64. The Hall–Kier alpha value is -4.16. The van der Waals surface area contributed by atoms with Gasteiger partial charge in [-0.1, -0.05) is 129 Å². The van der Waals surface area contributed by atoms with E-state index in [4.69, 9.17) is 0 Å². The van der Waals surface area contributed by atoms with Crippen LogP contribution in [-0.4, -0.2) is 0 Å². The van der Waals surface area contributed by atoms with Crippen molar-refractivity contribution >= 4 is 0 Å². The maximum Gasteiger partial charge on any atom is 0.0117 e. The summed E-state index contributed by atoms with van der Waals surface area (Å²) < 4.78 is 0. The van der Waals surface area contributed by atoms with Gasteiger partial charge in [-0.3, -0.25) is 0 Å². The van der Waals surface area contributed by atoms with Gasteiger partial charge in [0.05, 0.1) is 0 Å². The highest BCUT2D eigenvalue weighted by Crippen LogP contribution is 2.60. The Morgan fingerprint density at radius 3 is 2.15 bits per heavy atom. The second-order valence-electron chi connectivity index (χ2n) is 18.2. The van der Waals surface area contributed by atoms with Crippen LogP contribution in [0.1, 0.15) is 108 Å². The third-order valence-corrected chi connectivity index (χ3v) is 15.5. The lowest BCUT2D eigenvalue weighted by molar-refractivity contribution is 0.266. The Balaban J connectivity index is 1.03. The molecule has 0 bridgehead atoms. The molecule has 0 N–H and O–H groups in total. The molecule has 0 heterocycles. The Bertz CT molecular complexity index is 2220. The molecule has 266 valence electrons. The van der Waals surface area contributed by atoms with E-state index < -0.39 is 0 Å². The van der Waals surface area contributed by atoms with Gasteiger partial charge in [-0.05, 0) is 179 Å². The number of fused-ring (bicyclic) bond motifs is 6. The molecule has 0 aromatic heterocycles. The van der Waals surface area contributed by atoms with E-state index in [0.29, 0.717) is 35.5 Å². The molecule has 6 unspecified atom stereocenters. The Kier molecular flexibility index (Phi) is 7.58. The van der Waals surface area contributed by atoms with Gasteiger partial charge in [-0.15, -0.1) is 0 Å². The van der Waals surface area contributed by atoms with E-state index in [1.807, 2.05) is 0 Å². The number of benzene rings is 1. The van der Waals surface area contributed by atoms with Crippen LogP contribution in [0.3, 0.4) is 0 Å². The predicted octanol–water partition coefficient (Wildman–Crippen LogP) is 13.6. The molecule has 10 aliphatic carbocycles. The van der Waals surface area contributed by atoms with Gasteiger partial charge in [0, 0.05) is 11.3 Å². The molecule has 1 aromatic rings. The summed E-state index contributed by atoms with van der Waals surface area (Å²) >= 11 is 0. The van der Waals surface area contributed by atoms with E-state index in [1.54, 1.807) is 72.4 Å². The fraction of sp³-hybridized carbons (Fsp3) is 0.396. The molecule has 0 aliphatic heterocycles. The summed E-state index contributed by atoms with van der Waals surface area (Å²) in [6.07, 6.45) is 49.6. The quantitative estimate of drug-likeness (QED) is 0.296. The molecule has 6 atom stereocenters. The molecule has 0 spiro atoms. The SMILES string of the molecule is CC1(C)C2=CC=C(C3=CC4=C(CC3)C3=C(CC4C4CC=CC5=C4C=CCC5)C4=CC=CCC4C(C4CC=CC5=C4C=CCC5)C3)CC2c2ccccc21. The van der Waals surface area contributed by atoms with E-state index in [0.717, 1.165) is 6.42 Å². The highest BCUT2D eigenvalue weighted by atomic mass is 14.5. The second-order valence-corrected chi connectivity index (χ2v) is 18.2. The molecular formula is C53H54. The third-order valence-electron chi connectivity index (χ3n) is 15.5. The third kappa shape index (κ3) is 5.00.